The third-order valence-corrected chi connectivity index (χ3v) is 5.25. The minimum Gasteiger partial charge on any atom is -0.478 e. The monoisotopic (exact) mass is 360 g/mol. The van der Waals surface area contributed by atoms with Crippen molar-refractivity contribution >= 4 is 27.5 Å². The predicted octanol–water partition coefficient (Wildman–Crippen LogP) is 1.60. The summed E-state index contributed by atoms with van der Waals surface area (Å²) in [6, 6.07) is 6.81. The highest BCUT2D eigenvalue weighted by Gasteiger charge is 2.36. The fourth-order valence-corrected chi connectivity index (χ4v) is 3.40. The van der Waals surface area contributed by atoms with Crippen molar-refractivity contribution in [1.29, 1.82) is 0 Å². The molecule has 1 heterocycles. The summed E-state index contributed by atoms with van der Waals surface area (Å²) in [4.78, 5) is 14.3. The van der Waals surface area contributed by atoms with Crippen molar-refractivity contribution in [2.45, 2.75) is 19.4 Å². The van der Waals surface area contributed by atoms with Crippen LogP contribution in [0.25, 0.3) is 0 Å². The zero-order chi connectivity index (χ0) is 17.3. The first-order chi connectivity index (χ1) is 10.6. The highest BCUT2D eigenvalue weighted by Crippen LogP contribution is 2.23. The van der Waals surface area contributed by atoms with E-state index in [9.17, 15) is 13.2 Å². The highest BCUT2D eigenvalue weighted by atomic mass is 35.5. The summed E-state index contributed by atoms with van der Waals surface area (Å²) in [5.74, 6) is 0.392. The van der Waals surface area contributed by atoms with Crippen LogP contribution in [0.1, 0.15) is 13.8 Å². The number of ether oxygens (including phenoxy) is 1. The van der Waals surface area contributed by atoms with Crippen molar-refractivity contribution in [3.05, 3.63) is 29.3 Å². The number of piperazine rings is 1. The first-order valence-corrected chi connectivity index (χ1v) is 9.51. The summed E-state index contributed by atoms with van der Waals surface area (Å²) in [5.41, 5.74) is -1.04. The number of hydrogen-bond acceptors (Lipinski definition) is 4. The first-order valence-electron chi connectivity index (χ1n) is 7.29. The van der Waals surface area contributed by atoms with Gasteiger partial charge in [0.25, 0.3) is 5.91 Å². The summed E-state index contributed by atoms with van der Waals surface area (Å²) in [6.45, 7) is 4.74. The molecule has 0 bridgehead atoms. The van der Waals surface area contributed by atoms with Crippen LogP contribution in [0.3, 0.4) is 0 Å². The molecule has 8 heteroatoms. The lowest BCUT2D eigenvalue weighted by Crippen LogP contribution is -2.56. The van der Waals surface area contributed by atoms with Crippen LogP contribution in [0, 0.1) is 0 Å². The maximum atomic E-state index is 12.7. The second-order valence-electron chi connectivity index (χ2n) is 6.02. The predicted molar refractivity (Wildman–Crippen MR) is 89.2 cm³/mol. The van der Waals surface area contributed by atoms with Gasteiger partial charge in [-0.2, -0.15) is 4.31 Å². The zero-order valence-corrected chi connectivity index (χ0v) is 15.0. The van der Waals surface area contributed by atoms with E-state index in [4.69, 9.17) is 16.3 Å². The Labute approximate surface area is 142 Å². The van der Waals surface area contributed by atoms with Crippen molar-refractivity contribution in [3.63, 3.8) is 0 Å². The lowest BCUT2D eigenvalue weighted by Gasteiger charge is -2.37. The molecule has 1 amide bonds. The second-order valence-corrected chi connectivity index (χ2v) is 8.44. The maximum Gasteiger partial charge on any atom is 0.266 e. The molecule has 1 saturated heterocycles. The molecule has 1 fully saturated rings. The van der Waals surface area contributed by atoms with Gasteiger partial charge in [-0.1, -0.05) is 11.6 Å². The summed E-state index contributed by atoms with van der Waals surface area (Å²) in [7, 11) is -3.21. The Morgan fingerprint density at radius 3 is 2.13 bits per heavy atom. The van der Waals surface area contributed by atoms with E-state index in [0.29, 0.717) is 37.0 Å². The van der Waals surface area contributed by atoms with E-state index in [0.717, 1.165) is 0 Å². The van der Waals surface area contributed by atoms with Gasteiger partial charge in [-0.3, -0.25) is 4.79 Å². The molecule has 0 atom stereocenters. The molecule has 1 aromatic rings. The third kappa shape index (κ3) is 4.59. The Morgan fingerprint density at radius 1 is 1.13 bits per heavy atom. The minimum atomic E-state index is -3.21. The number of halogens is 1. The Hall–Kier alpha value is -1.31. The maximum absolute atomic E-state index is 12.7. The lowest BCUT2D eigenvalue weighted by atomic mass is 10.1. The number of amides is 1. The van der Waals surface area contributed by atoms with E-state index in [-0.39, 0.29) is 5.91 Å². The lowest BCUT2D eigenvalue weighted by molar-refractivity contribution is -0.146. The van der Waals surface area contributed by atoms with Crippen LogP contribution in [0.4, 0.5) is 0 Å². The van der Waals surface area contributed by atoms with Gasteiger partial charge in [-0.25, -0.2) is 8.42 Å². The van der Waals surface area contributed by atoms with Gasteiger partial charge in [-0.15, -0.1) is 0 Å². The fraction of sp³-hybridized carbons (Fsp3) is 0.533. The SMILES string of the molecule is CC(C)(Oc1ccc(Cl)cc1)C(=O)N1CCN(S(C)(=O)=O)CC1. The first kappa shape index (κ1) is 18.0. The molecule has 0 unspecified atom stereocenters. The van der Waals surface area contributed by atoms with Gasteiger partial charge in [0.2, 0.25) is 10.0 Å². The van der Waals surface area contributed by atoms with Crippen molar-refractivity contribution < 1.29 is 17.9 Å². The fourth-order valence-electron chi connectivity index (χ4n) is 2.44. The van der Waals surface area contributed by atoms with E-state index in [2.05, 4.69) is 0 Å². The van der Waals surface area contributed by atoms with Gasteiger partial charge in [0.1, 0.15) is 5.75 Å². The van der Waals surface area contributed by atoms with Crippen LogP contribution in [0.2, 0.25) is 5.02 Å². The molecule has 0 radical (unpaired) electrons. The highest BCUT2D eigenvalue weighted by molar-refractivity contribution is 7.88. The molecule has 0 aliphatic carbocycles. The number of hydrogen-bond donors (Lipinski definition) is 0. The molecule has 0 spiro atoms. The van der Waals surface area contributed by atoms with Crippen LogP contribution in [-0.4, -0.2) is 61.6 Å². The number of sulfonamides is 1. The van der Waals surface area contributed by atoms with Crippen LogP contribution < -0.4 is 4.74 Å². The minimum absolute atomic E-state index is 0.166. The van der Waals surface area contributed by atoms with Crippen LogP contribution >= 0.6 is 11.6 Å². The number of nitrogens with zero attached hydrogens (tertiary/aromatic N) is 2. The molecule has 128 valence electrons. The van der Waals surface area contributed by atoms with Crippen molar-refractivity contribution in [3.8, 4) is 5.75 Å². The van der Waals surface area contributed by atoms with Crippen molar-refractivity contribution in [2.75, 3.05) is 32.4 Å². The van der Waals surface area contributed by atoms with Gasteiger partial charge in [0.15, 0.2) is 5.60 Å². The van der Waals surface area contributed by atoms with E-state index in [1.165, 1.54) is 10.6 Å². The Kier molecular flexibility index (Phi) is 5.23. The Morgan fingerprint density at radius 2 is 1.65 bits per heavy atom. The number of carbonyl (C=O) groups excluding carboxylic acids is 1. The van der Waals surface area contributed by atoms with Crippen LogP contribution in [0.15, 0.2) is 24.3 Å². The molecule has 0 N–H and O–H groups in total. The molecule has 1 aliphatic rings. The average molecular weight is 361 g/mol. The summed E-state index contributed by atoms with van der Waals surface area (Å²) in [5, 5.41) is 0.596. The smallest absolute Gasteiger partial charge is 0.266 e. The number of rotatable bonds is 4. The largest absolute Gasteiger partial charge is 0.478 e. The molecule has 6 nitrogen and oxygen atoms in total. The van der Waals surface area contributed by atoms with Crippen LogP contribution in [-0.2, 0) is 14.8 Å². The Bertz CT molecular complexity index is 665. The van der Waals surface area contributed by atoms with E-state index in [1.807, 2.05) is 0 Å². The van der Waals surface area contributed by atoms with Gasteiger partial charge < -0.3 is 9.64 Å². The topological polar surface area (TPSA) is 66.9 Å². The molecule has 23 heavy (non-hydrogen) atoms. The quantitative estimate of drug-likeness (QED) is 0.818. The molecular formula is C15H21ClN2O4S. The molecule has 1 aliphatic heterocycles. The Balaban J connectivity index is 2.00. The van der Waals surface area contributed by atoms with Gasteiger partial charge in [0.05, 0.1) is 6.26 Å². The van der Waals surface area contributed by atoms with Crippen LogP contribution in [0.5, 0.6) is 5.75 Å². The number of carbonyl (C=O) groups is 1. The second kappa shape index (κ2) is 6.67. The molecule has 1 aromatic carbocycles. The van der Waals surface area contributed by atoms with Crippen molar-refractivity contribution in [1.82, 2.24) is 9.21 Å². The molecule has 0 saturated carbocycles. The molecule has 0 aromatic heterocycles. The van der Waals surface area contributed by atoms with Gasteiger partial charge in [0, 0.05) is 31.2 Å². The van der Waals surface area contributed by atoms with E-state index in [1.54, 1.807) is 43.0 Å². The van der Waals surface area contributed by atoms with Gasteiger partial charge >= 0.3 is 0 Å². The van der Waals surface area contributed by atoms with E-state index >= 15 is 0 Å². The third-order valence-electron chi connectivity index (χ3n) is 3.70. The summed E-state index contributed by atoms with van der Waals surface area (Å²) < 4.78 is 30.2. The van der Waals surface area contributed by atoms with Crippen molar-refractivity contribution in [2.24, 2.45) is 0 Å². The van der Waals surface area contributed by atoms with Gasteiger partial charge in [-0.05, 0) is 38.1 Å². The zero-order valence-electron chi connectivity index (χ0n) is 13.5. The molecule has 2 rings (SSSR count). The number of benzene rings is 1. The summed E-state index contributed by atoms with van der Waals surface area (Å²) in [6.07, 6.45) is 1.18. The van der Waals surface area contributed by atoms with E-state index < -0.39 is 15.6 Å². The normalized spacial score (nSPS) is 17.1. The molecular weight excluding hydrogens is 340 g/mol. The summed E-state index contributed by atoms with van der Waals surface area (Å²) >= 11 is 5.83. The average Bonchev–Trinajstić information content (AvgIpc) is 2.48. The standard InChI is InChI=1S/C15H21ClN2O4S/c1-15(2,22-13-6-4-12(16)5-7-13)14(19)17-8-10-18(11-9-17)23(3,20)21/h4-7H,8-11H2,1-3H3.